The Morgan fingerprint density at radius 3 is 2.91 bits per heavy atom. The second-order valence-corrected chi connectivity index (χ2v) is 6.12. The van der Waals surface area contributed by atoms with Crippen molar-refractivity contribution >= 4 is 23.5 Å². The number of phenols is 1. The lowest BCUT2D eigenvalue weighted by Crippen LogP contribution is -2.18. The smallest absolute Gasteiger partial charge is 0.291 e. The number of aromatic nitrogens is 2. The molecule has 0 spiro atoms. The van der Waals surface area contributed by atoms with E-state index in [-0.39, 0.29) is 11.4 Å². The zero-order valence-corrected chi connectivity index (χ0v) is 13.1. The second-order valence-electron chi connectivity index (χ2n) is 4.84. The number of phenolic OH excluding ortho intramolecular Hbond substituents is 1. The van der Waals surface area contributed by atoms with Gasteiger partial charge < -0.3 is 5.11 Å². The van der Waals surface area contributed by atoms with E-state index in [1.54, 1.807) is 41.7 Å². The van der Waals surface area contributed by atoms with E-state index in [1.165, 1.54) is 11.1 Å². The number of benzene rings is 1. The zero-order chi connectivity index (χ0) is 16.2. The summed E-state index contributed by atoms with van der Waals surface area (Å²) in [5.74, 6) is -0.326. The molecular formula is C16H14N4O2S. The first-order chi connectivity index (χ1) is 11.1. The number of nitrogens with zero attached hydrogens (tertiary/aromatic N) is 2. The molecule has 0 saturated carbocycles. The SMILES string of the molecule is Cc1ccc(-c2cc(C(=O)N/N=C\c3ccccc3O)n[nH]2)s1. The average molecular weight is 326 g/mol. The first-order valence-corrected chi connectivity index (χ1v) is 7.69. The Bertz CT molecular complexity index is 866. The van der Waals surface area contributed by atoms with Crippen LogP contribution in [-0.4, -0.2) is 27.4 Å². The van der Waals surface area contributed by atoms with Gasteiger partial charge in [0.25, 0.3) is 5.91 Å². The predicted octanol–water partition coefficient (Wildman–Crippen LogP) is 2.92. The van der Waals surface area contributed by atoms with Crippen LogP contribution < -0.4 is 5.43 Å². The van der Waals surface area contributed by atoms with Gasteiger partial charge in [0.2, 0.25) is 0 Å². The summed E-state index contributed by atoms with van der Waals surface area (Å²) < 4.78 is 0. The number of rotatable bonds is 4. The number of carbonyl (C=O) groups excluding carboxylic acids is 1. The Hall–Kier alpha value is -2.93. The van der Waals surface area contributed by atoms with Crippen molar-refractivity contribution in [2.75, 3.05) is 0 Å². The monoisotopic (exact) mass is 326 g/mol. The molecule has 2 aromatic heterocycles. The third kappa shape index (κ3) is 3.46. The predicted molar refractivity (Wildman–Crippen MR) is 89.8 cm³/mol. The van der Waals surface area contributed by atoms with Crippen LogP contribution in [0.5, 0.6) is 5.75 Å². The first kappa shape index (κ1) is 15.0. The van der Waals surface area contributed by atoms with Crippen LogP contribution in [0, 0.1) is 6.92 Å². The molecule has 1 amide bonds. The molecule has 0 aliphatic heterocycles. The molecule has 0 bridgehead atoms. The maximum atomic E-state index is 12.0. The van der Waals surface area contributed by atoms with Gasteiger partial charge in [0.05, 0.1) is 16.8 Å². The molecule has 0 aliphatic carbocycles. The Morgan fingerprint density at radius 1 is 1.35 bits per heavy atom. The van der Waals surface area contributed by atoms with Gasteiger partial charge >= 0.3 is 0 Å². The molecule has 0 atom stereocenters. The fourth-order valence-electron chi connectivity index (χ4n) is 1.96. The molecule has 3 rings (SSSR count). The number of amides is 1. The number of aryl methyl sites for hydroxylation is 1. The van der Waals surface area contributed by atoms with E-state index in [4.69, 9.17) is 0 Å². The Kier molecular flexibility index (Phi) is 4.20. The number of H-pyrrole nitrogens is 1. The van der Waals surface area contributed by atoms with Crippen molar-refractivity contribution in [3.05, 3.63) is 58.6 Å². The van der Waals surface area contributed by atoms with E-state index in [0.717, 1.165) is 10.6 Å². The standard InChI is InChI=1S/C16H14N4O2S/c1-10-6-7-15(23-10)12-8-13(19-18-12)16(22)20-17-9-11-4-2-3-5-14(11)21/h2-9,21H,1H3,(H,18,19)(H,20,22)/b17-9-. The molecule has 2 heterocycles. The number of thiophene rings is 1. The van der Waals surface area contributed by atoms with Gasteiger partial charge in [0.1, 0.15) is 5.75 Å². The molecule has 1 aromatic carbocycles. The average Bonchev–Trinajstić information content (AvgIpc) is 3.18. The summed E-state index contributed by atoms with van der Waals surface area (Å²) in [6.45, 7) is 2.02. The van der Waals surface area contributed by atoms with Crippen molar-refractivity contribution in [3.63, 3.8) is 0 Å². The summed E-state index contributed by atoms with van der Waals surface area (Å²) in [7, 11) is 0. The van der Waals surface area contributed by atoms with E-state index in [9.17, 15) is 9.90 Å². The van der Waals surface area contributed by atoms with Crippen LogP contribution in [0.1, 0.15) is 20.9 Å². The summed E-state index contributed by atoms with van der Waals surface area (Å²) in [5, 5.41) is 20.3. The van der Waals surface area contributed by atoms with Gasteiger partial charge in [-0.3, -0.25) is 9.89 Å². The van der Waals surface area contributed by atoms with Crippen LogP contribution in [0.25, 0.3) is 10.6 Å². The van der Waals surface area contributed by atoms with Gasteiger partial charge in [0.15, 0.2) is 5.69 Å². The second kappa shape index (κ2) is 6.45. The van der Waals surface area contributed by atoms with E-state index < -0.39 is 5.91 Å². The van der Waals surface area contributed by atoms with Gasteiger partial charge in [-0.05, 0) is 37.3 Å². The minimum atomic E-state index is -0.424. The van der Waals surface area contributed by atoms with Crippen molar-refractivity contribution in [1.82, 2.24) is 15.6 Å². The maximum Gasteiger partial charge on any atom is 0.291 e. The molecule has 23 heavy (non-hydrogen) atoms. The first-order valence-electron chi connectivity index (χ1n) is 6.87. The van der Waals surface area contributed by atoms with Gasteiger partial charge in [-0.15, -0.1) is 11.3 Å². The van der Waals surface area contributed by atoms with Gasteiger partial charge in [-0.1, -0.05) is 12.1 Å². The van der Waals surface area contributed by atoms with Crippen LogP contribution in [0.3, 0.4) is 0 Å². The Labute approximate surface area is 136 Å². The number of aromatic amines is 1. The van der Waals surface area contributed by atoms with E-state index in [0.29, 0.717) is 5.56 Å². The normalized spacial score (nSPS) is 11.0. The summed E-state index contributed by atoms with van der Waals surface area (Å²) in [6.07, 6.45) is 1.38. The van der Waals surface area contributed by atoms with Crippen molar-refractivity contribution in [3.8, 4) is 16.3 Å². The van der Waals surface area contributed by atoms with Crippen LogP contribution in [0.4, 0.5) is 0 Å². The lowest BCUT2D eigenvalue weighted by molar-refractivity contribution is 0.0950. The number of hydrogen-bond donors (Lipinski definition) is 3. The minimum absolute atomic E-state index is 0.0978. The summed E-state index contributed by atoms with van der Waals surface area (Å²) in [6, 6.07) is 12.4. The third-order valence-electron chi connectivity index (χ3n) is 3.12. The quantitative estimate of drug-likeness (QED) is 0.508. The van der Waals surface area contributed by atoms with Crippen molar-refractivity contribution in [2.45, 2.75) is 6.92 Å². The summed E-state index contributed by atoms with van der Waals surface area (Å²) in [5.41, 5.74) is 3.94. The molecule has 6 nitrogen and oxygen atoms in total. The molecule has 3 N–H and O–H groups in total. The number of aromatic hydroxyl groups is 1. The lowest BCUT2D eigenvalue weighted by atomic mass is 10.2. The zero-order valence-electron chi connectivity index (χ0n) is 12.3. The van der Waals surface area contributed by atoms with Crippen molar-refractivity contribution in [2.24, 2.45) is 5.10 Å². The Balaban J connectivity index is 1.67. The lowest BCUT2D eigenvalue weighted by Gasteiger charge is -1.97. The molecule has 0 unspecified atom stereocenters. The molecule has 0 aliphatic rings. The largest absolute Gasteiger partial charge is 0.507 e. The van der Waals surface area contributed by atoms with E-state index >= 15 is 0 Å². The van der Waals surface area contributed by atoms with Crippen molar-refractivity contribution in [1.29, 1.82) is 0 Å². The topological polar surface area (TPSA) is 90.4 Å². The molecule has 7 heteroatoms. The highest BCUT2D eigenvalue weighted by atomic mass is 32.1. The number of hydrazone groups is 1. The van der Waals surface area contributed by atoms with Gasteiger partial charge in [0, 0.05) is 10.4 Å². The highest BCUT2D eigenvalue weighted by molar-refractivity contribution is 7.15. The third-order valence-corrected chi connectivity index (χ3v) is 4.16. The fourth-order valence-corrected chi connectivity index (χ4v) is 2.79. The van der Waals surface area contributed by atoms with Crippen LogP contribution >= 0.6 is 11.3 Å². The Morgan fingerprint density at radius 2 is 2.17 bits per heavy atom. The van der Waals surface area contributed by atoms with Gasteiger partial charge in [-0.25, -0.2) is 5.43 Å². The van der Waals surface area contributed by atoms with E-state index in [2.05, 4.69) is 20.7 Å². The minimum Gasteiger partial charge on any atom is -0.507 e. The highest BCUT2D eigenvalue weighted by Gasteiger charge is 2.11. The number of para-hydroxylation sites is 1. The highest BCUT2D eigenvalue weighted by Crippen LogP contribution is 2.26. The fraction of sp³-hybridized carbons (Fsp3) is 0.0625. The van der Waals surface area contributed by atoms with Crippen LogP contribution in [0.15, 0.2) is 47.6 Å². The van der Waals surface area contributed by atoms with Gasteiger partial charge in [-0.2, -0.15) is 10.2 Å². The number of carbonyl (C=O) groups is 1. The molecule has 3 aromatic rings. The number of hydrogen-bond acceptors (Lipinski definition) is 5. The molecule has 0 fully saturated rings. The van der Waals surface area contributed by atoms with Crippen molar-refractivity contribution < 1.29 is 9.90 Å². The summed E-state index contributed by atoms with van der Waals surface area (Å²) in [4.78, 5) is 14.2. The summed E-state index contributed by atoms with van der Waals surface area (Å²) >= 11 is 1.62. The molecule has 0 saturated heterocycles. The van der Waals surface area contributed by atoms with Crippen LogP contribution in [0.2, 0.25) is 0 Å². The maximum absolute atomic E-state index is 12.0. The molecule has 0 radical (unpaired) electrons. The molecule has 116 valence electrons. The number of nitrogens with one attached hydrogen (secondary N) is 2. The molecular weight excluding hydrogens is 312 g/mol. The van der Waals surface area contributed by atoms with E-state index in [1.807, 2.05) is 19.1 Å². The van der Waals surface area contributed by atoms with Crippen LogP contribution in [-0.2, 0) is 0 Å².